The van der Waals surface area contributed by atoms with E-state index in [0.717, 1.165) is 5.56 Å². The van der Waals surface area contributed by atoms with Gasteiger partial charge >= 0.3 is 5.97 Å². The lowest BCUT2D eigenvalue weighted by molar-refractivity contribution is -0.116. The lowest BCUT2D eigenvalue weighted by Gasteiger charge is -2.08. The second-order valence-corrected chi connectivity index (χ2v) is 7.74. The van der Waals surface area contributed by atoms with E-state index in [0.29, 0.717) is 25.1 Å². The van der Waals surface area contributed by atoms with Crippen LogP contribution in [0.2, 0.25) is 0 Å². The third-order valence-corrected chi connectivity index (χ3v) is 5.31. The summed E-state index contributed by atoms with van der Waals surface area (Å²) >= 11 is 0. The molecule has 144 valence electrons. The molecule has 3 N–H and O–H groups in total. The van der Waals surface area contributed by atoms with Gasteiger partial charge in [0.15, 0.2) is 0 Å². The number of nitrogens with one attached hydrogen (secondary N) is 2. The summed E-state index contributed by atoms with van der Waals surface area (Å²) in [4.78, 5) is 23.0. The van der Waals surface area contributed by atoms with E-state index in [1.807, 2.05) is 6.92 Å². The van der Waals surface area contributed by atoms with E-state index in [9.17, 15) is 18.0 Å². The highest BCUT2D eigenvalue weighted by molar-refractivity contribution is 7.89. The van der Waals surface area contributed by atoms with Crippen LogP contribution in [0.5, 0.6) is 0 Å². The molecule has 0 aliphatic carbocycles. The summed E-state index contributed by atoms with van der Waals surface area (Å²) in [7, 11) is -3.53. The fourth-order valence-electron chi connectivity index (χ4n) is 2.33. The van der Waals surface area contributed by atoms with Gasteiger partial charge in [-0.1, -0.05) is 19.1 Å². The van der Waals surface area contributed by atoms with Gasteiger partial charge in [0.2, 0.25) is 15.9 Å². The molecule has 0 saturated carbocycles. The molecule has 7 nitrogen and oxygen atoms in total. The van der Waals surface area contributed by atoms with Crippen LogP contribution in [0.1, 0.15) is 35.7 Å². The van der Waals surface area contributed by atoms with Crippen LogP contribution in [0, 0.1) is 0 Å². The number of carbonyl (C=O) groups excluding carboxylic acids is 1. The number of amides is 1. The summed E-state index contributed by atoms with van der Waals surface area (Å²) in [5.41, 5.74) is 1.57. The second kappa shape index (κ2) is 9.29. The summed E-state index contributed by atoms with van der Waals surface area (Å²) in [6.45, 7) is 2.25. The average molecular weight is 390 g/mol. The van der Waals surface area contributed by atoms with Crippen molar-refractivity contribution in [2.75, 3.05) is 11.9 Å². The average Bonchev–Trinajstić information content (AvgIpc) is 2.65. The van der Waals surface area contributed by atoms with Crippen molar-refractivity contribution >= 4 is 27.6 Å². The van der Waals surface area contributed by atoms with E-state index in [2.05, 4.69) is 10.0 Å². The minimum absolute atomic E-state index is 0.146. The molecule has 0 atom stereocenters. The highest BCUT2D eigenvalue weighted by atomic mass is 32.2. The Kier molecular flexibility index (Phi) is 7.09. The molecule has 2 aromatic carbocycles. The summed E-state index contributed by atoms with van der Waals surface area (Å²) in [6.07, 6.45) is 1.40. The fraction of sp³-hybridized carbons (Fsp3) is 0.263. The van der Waals surface area contributed by atoms with Crippen molar-refractivity contribution in [1.82, 2.24) is 4.72 Å². The number of anilines is 1. The number of carboxylic acids is 1. The highest BCUT2D eigenvalue weighted by Crippen LogP contribution is 2.15. The van der Waals surface area contributed by atoms with Gasteiger partial charge < -0.3 is 10.4 Å². The quantitative estimate of drug-likeness (QED) is 0.609. The molecule has 2 aromatic rings. The first-order valence-electron chi connectivity index (χ1n) is 8.53. The second-order valence-electron chi connectivity index (χ2n) is 5.97. The molecule has 0 heterocycles. The van der Waals surface area contributed by atoms with Crippen molar-refractivity contribution < 1.29 is 23.1 Å². The van der Waals surface area contributed by atoms with E-state index in [-0.39, 0.29) is 22.8 Å². The number of rotatable bonds is 9. The molecule has 0 saturated heterocycles. The van der Waals surface area contributed by atoms with Gasteiger partial charge in [0, 0.05) is 18.7 Å². The van der Waals surface area contributed by atoms with E-state index in [4.69, 9.17) is 5.11 Å². The molecular formula is C19H22N2O5S. The normalized spacial score (nSPS) is 11.1. The minimum atomic E-state index is -3.53. The van der Waals surface area contributed by atoms with Gasteiger partial charge in [-0.2, -0.15) is 0 Å². The van der Waals surface area contributed by atoms with Crippen molar-refractivity contribution in [3.8, 4) is 0 Å². The standard InChI is InChI=1S/C19H22N2O5S/c1-2-13-20-27(25,26)17-10-8-16(9-11-17)21-18(22)12-5-14-3-6-15(7-4-14)19(23)24/h3-4,6-11,20H,2,5,12-13H2,1H3,(H,21,22)(H,23,24). The zero-order valence-electron chi connectivity index (χ0n) is 14.9. The maximum absolute atomic E-state index is 12.0. The molecule has 0 fully saturated rings. The van der Waals surface area contributed by atoms with Crippen LogP contribution in [0.3, 0.4) is 0 Å². The Balaban J connectivity index is 1.89. The monoisotopic (exact) mass is 390 g/mol. The molecular weight excluding hydrogens is 368 g/mol. The molecule has 0 aliphatic rings. The van der Waals surface area contributed by atoms with Crippen LogP contribution >= 0.6 is 0 Å². The van der Waals surface area contributed by atoms with Crippen LogP contribution in [0.4, 0.5) is 5.69 Å². The van der Waals surface area contributed by atoms with Crippen LogP contribution in [-0.4, -0.2) is 31.9 Å². The van der Waals surface area contributed by atoms with Crippen molar-refractivity contribution in [3.05, 3.63) is 59.7 Å². The molecule has 0 radical (unpaired) electrons. The first kappa shape index (κ1) is 20.6. The molecule has 0 spiro atoms. The topological polar surface area (TPSA) is 113 Å². The van der Waals surface area contributed by atoms with Gasteiger partial charge in [0.25, 0.3) is 0 Å². The summed E-state index contributed by atoms with van der Waals surface area (Å²) in [5, 5.41) is 11.6. The molecule has 0 aliphatic heterocycles. The maximum atomic E-state index is 12.0. The molecule has 0 bridgehead atoms. The molecule has 8 heteroatoms. The predicted octanol–water partition coefficient (Wildman–Crippen LogP) is 2.64. The van der Waals surface area contributed by atoms with Crippen LogP contribution < -0.4 is 10.0 Å². The largest absolute Gasteiger partial charge is 0.478 e. The number of hydrogen-bond acceptors (Lipinski definition) is 4. The minimum Gasteiger partial charge on any atom is -0.478 e. The Morgan fingerprint density at radius 2 is 1.63 bits per heavy atom. The zero-order valence-corrected chi connectivity index (χ0v) is 15.8. The summed E-state index contributed by atoms with van der Waals surface area (Å²) in [5.74, 6) is -1.20. The number of carbonyl (C=O) groups is 2. The van der Waals surface area contributed by atoms with Crippen molar-refractivity contribution in [1.29, 1.82) is 0 Å². The van der Waals surface area contributed by atoms with Crippen LogP contribution in [0.25, 0.3) is 0 Å². The maximum Gasteiger partial charge on any atom is 0.335 e. The number of carboxylic acid groups (broad SMARTS) is 1. The molecule has 2 rings (SSSR count). The third kappa shape index (κ3) is 6.19. The SMILES string of the molecule is CCCNS(=O)(=O)c1ccc(NC(=O)CCc2ccc(C(=O)O)cc2)cc1. The smallest absolute Gasteiger partial charge is 0.335 e. The number of sulfonamides is 1. The van der Waals surface area contributed by atoms with Crippen molar-refractivity contribution in [3.63, 3.8) is 0 Å². The van der Waals surface area contributed by atoms with E-state index in [1.54, 1.807) is 24.3 Å². The van der Waals surface area contributed by atoms with Gasteiger partial charge in [-0.3, -0.25) is 4.79 Å². The van der Waals surface area contributed by atoms with Crippen LogP contribution in [-0.2, 0) is 21.2 Å². The summed E-state index contributed by atoms with van der Waals surface area (Å²) < 4.78 is 26.5. The first-order valence-corrected chi connectivity index (χ1v) is 10.0. The molecule has 0 unspecified atom stereocenters. The Hall–Kier alpha value is -2.71. The molecule has 1 amide bonds. The zero-order chi connectivity index (χ0) is 19.9. The fourth-order valence-corrected chi connectivity index (χ4v) is 3.47. The number of aromatic carboxylic acids is 1. The third-order valence-electron chi connectivity index (χ3n) is 3.83. The highest BCUT2D eigenvalue weighted by Gasteiger charge is 2.13. The van der Waals surface area contributed by atoms with Gasteiger partial charge in [-0.15, -0.1) is 0 Å². The van der Waals surface area contributed by atoms with Gasteiger partial charge in [0.1, 0.15) is 0 Å². The van der Waals surface area contributed by atoms with Crippen LogP contribution in [0.15, 0.2) is 53.4 Å². The Bertz CT molecular complexity index is 891. The van der Waals surface area contributed by atoms with Gasteiger partial charge in [-0.05, 0) is 54.8 Å². The Morgan fingerprint density at radius 1 is 1.00 bits per heavy atom. The predicted molar refractivity (Wildman–Crippen MR) is 102 cm³/mol. The lowest BCUT2D eigenvalue weighted by Crippen LogP contribution is -2.24. The Labute approximate surface area is 158 Å². The van der Waals surface area contributed by atoms with Gasteiger partial charge in [-0.25, -0.2) is 17.9 Å². The van der Waals surface area contributed by atoms with E-state index in [1.165, 1.54) is 24.3 Å². The number of aryl methyl sites for hydroxylation is 1. The summed E-state index contributed by atoms with van der Waals surface area (Å²) in [6, 6.07) is 12.3. The van der Waals surface area contributed by atoms with Crippen molar-refractivity contribution in [2.45, 2.75) is 31.1 Å². The Morgan fingerprint density at radius 3 is 2.19 bits per heavy atom. The number of hydrogen-bond donors (Lipinski definition) is 3. The van der Waals surface area contributed by atoms with Crippen molar-refractivity contribution in [2.24, 2.45) is 0 Å². The number of benzene rings is 2. The lowest BCUT2D eigenvalue weighted by atomic mass is 10.1. The first-order chi connectivity index (χ1) is 12.8. The van der Waals surface area contributed by atoms with Gasteiger partial charge in [0.05, 0.1) is 10.5 Å². The molecule has 27 heavy (non-hydrogen) atoms. The molecule has 0 aromatic heterocycles. The van der Waals surface area contributed by atoms with E-state index >= 15 is 0 Å². The van der Waals surface area contributed by atoms with E-state index < -0.39 is 16.0 Å².